The van der Waals surface area contributed by atoms with E-state index in [4.69, 9.17) is 0 Å². The van der Waals surface area contributed by atoms with Gasteiger partial charge in [-0.1, -0.05) is 194 Å². The molecule has 0 aliphatic heterocycles. The van der Waals surface area contributed by atoms with Gasteiger partial charge in [-0.2, -0.15) is 0 Å². The van der Waals surface area contributed by atoms with E-state index in [0.717, 1.165) is 0 Å². The second kappa shape index (κ2) is 12.4. The second-order valence-corrected chi connectivity index (χ2v) is 15.5. The highest BCUT2D eigenvalue weighted by Gasteiger charge is 2.47. The first-order valence-electron chi connectivity index (χ1n) is 19.9. The van der Waals surface area contributed by atoms with Gasteiger partial charge in [0.25, 0.3) is 0 Å². The third kappa shape index (κ3) is 4.62. The summed E-state index contributed by atoms with van der Waals surface area (Å²) in [5, 5.41) is 12.7. The smallest absolute Gasteiger partial charge is 0.0622 e. The molecule has 0 aromatic heterocycles. The number of rotatable bonds is 4. The van der Waals surface area contributed by atoms with Gasteiger partial charge < -0.3 is 0 Å². The maximum atomic E-state index is 2.51. The summed E-state index contributed by atoms with van der Waals surface area (Å²) < 4.78 is 0. The normalized spacial score (nSPS) is 13.1. The van der Waals surface area contributed by atoms with Crippen molar-refractivity contribution >= 4 is 53.9 Å². The Hall–Kier alpha value is -7.28. The molecule has 0 fully saturated rings. The van der Waals surface area contributed by atoms with Crippen molar-refractivity contribution in [1.82, 2.24) is 0 Å². The summed E-state index contributed by atoms with van der Waals surface area (Å²) in [6.07, 6.45) is 0. The van der Waals surface area contributed by atoms with Crippen LogP contribution in [0.2, 0.25) is 0 Å². The van der Waals surface area contributed by atoms with Crippen LogP contribution in [0.15, 0.2) is 218 Å². The molecule has 0 nitrogen and oxygen atoms in total. The van der Waals surface area contributed by atoms with Crippen molar-refractivity contribution in [3.63, 3.8) is 0 Å². The van der Waals surface area contributed by atoms with Gasteiger partial charge in [-0.3, -0.25) is 0 Å². The van der Waals surface area contributed by atoms with E-state index in [1.165, 1.54) is 109 Å². The highest BCUT2D eigenvalue weighted by atomic mass is 14.5. The van der Waals surface area contributed by atoms with Gasteiger partial charge in [-0.05, 0) is 134 Å². The molecule has 12 rings (SSSR count). The van der Waals surface area contributed by atoms with Crippen LogP contribution >= 0.6 is 0 Å². The van der Waals surface area contributed by atoms with Gasteiger partial charge >= 0.3 is 0 Å². The van der Waals surface area contributed by atoms with Gasteiger partial charge in [-0.25, -0.2) is 0 Å². The Morgan fingerprint density at radius 1 is 0.246 bits per heavy atom. The quantitative estimate of drug-likeness (QED) is 0.159. The molecule has 0 radical (unpaired) electrons. The van der Waals surface area contributed by atoms with E-state index < -0.39 is 5.41 Å². The standard InChI is InChI=1S/C57H36/c1-3-17-42(18-4-1)57(43-19-5-2-6-20-43)55-36-41(54-35-38-16-8-10-22-45(38)48-24-12-14-26-50(48)54)28-31-51(55)52-32-29-39-33-40(27-30-46(39)56(52)57)53-34-37-15-7-9-21-44(37)47-23-11-13-25-49(47)53/h1-36H. The molecule has 0 heteroatoms. The van der Waals surface area contributed by atoms with E-state index in [1.54, 1.807) is 0 Å². The molecule has 0 amide bonds. The van der Waals surface area contributed by atoms with Crippen molar-refractivity contribution in [2.45, 2.75) is 5.41 Å². The molecular weight excluding hydrogens is 685 g/mol. The molecule has 0 spiro atoms. The molecule has 1 aliphatic carbocycles. The minimum atomic E-state index is -0.549. The summed E-state index contributed by atoms with van der Waals surface area (Å²) in [6.45, 7) is 0. The molecule has 11 aromatic carbocycles. The third-order valence-electron chi connectivity index (χ3n) is 12.7. The lowest BCUT2D eigenvalue weighted by atomic mass is 9.66. The van der Waals surface area contributed by atoms with E-state index in [9.17, 15) is 0 Å². The molecular formula is C57H36. The van der Waals surface area contributed by atoms with Crippen LogP contribution in [0.3, 0.4) is 0 Å². The lowest BCUT2D eigenvalue weighted by Crippen LogP contribution is -2.28. The van der Waals surface area contributed by atoms with Crippen LogP contribution in [0.25, 0.3) is 87.2 Å². The Labute approximate surface area is 331 Å². The fourth-order valence-electron chi connectivity index (χ4n) is 10.2. The largest absolute Gasteiger partial charge is 0.0719 e. The molecule has 11 aromatic rings. The number of benzene rings is 11. The molecule has 0 saturated carbocycles. The molecule has 1 aliphatic rings. The molecule has 0 heterocycles. The lowest BCUT2D eigenvalue weighted by molar-refractivity contribution is 0.776. The first-order valence-corrected chi connectivity index (χ1v) is 19.9. The Morgan fingerprint density at radius 2 is 0.684 bits per heavy atom. The lowest BCUT2D eigenvalue weighted by Gasteiger charge is -2.35. The summed E-state index contributed by atoms with van der Waals surface area (Å²) in [7, 11) is 0. The Kier molecular flexibility index (Phi) is 6.94. The summed E-state index contributed by atoms with van der Waals surface area (Å²) in [5.74, 6) is 0. The van der Waals surface area contributed by atoms with Gasteiger partial charge in [0.2, 0.25) is 0 Å². The highest BCUT2D eigenvalue weighted by molar-refractivity contribution is 6.16. The van der Waals surface area contributed by atoms with E-state index in [-0.39, 0.29) is 0 Å². The average molecular weight is 721 g/mol. The zero-order valence-corrected chi connectivity index (χ0v) is 31.3. The zero-order valence-electron chi connectivity index (χ0n) is 31.3. The first-order chi connectivity index (χ1) is 28.3. The summed E-state index contributed by atoms with van der Waals surface area (Å²) in [5.41, 5.74) is 12.2. The van der Waals surface area contributed by atoms with Crippen LogP contribution in [-0.4, -0.2) is 0 Å². The number of hydrogen-bond donors (Lipinski definition) is 0. The summed E-state index contributed by atoms with van der Waals surface area (Å²) in [6, 6.07) is 81.6. The molecule has 0 bridgehead atoms. The maximum Gasteiger partial charge on any atom is 0.0719 e. The topological polar surface area (TPSA) is 0 Å². The first kappa shape index (κ1) is 32.0. The highest BCUT2D eigenvalue weighted by Crippen LogP contribution is 2.59. The van der Waals surface area contributed by atoms with Crippen molar-refractivity contribution in [3.8, 4) is 33.4 Å². The number of fused-ring (bicyclic) bond motifs is 11. The molecule has 0 N–H and O–H groups in total. The Balaban J connectivity index is 1.15. The molecule has 0 saturated heterocycles. The maximum absolute atomic E-state index is 2.51. The molecule has 0 atom stereocenters. The minimum Gasteiger partial charge on any atom is -0.0622 e. The van der Waals surface area contributed by atoms with Gasteiger partial charge in [0.15, 0.2) is 0 Å². The Morgan fingerprint density at radius 3 is 1.26 bits per heavy atom. The predicted molar refractivity (Wildman–Crippen MR) is 242 cm³/mol. The minimum absolute atomic E-state index is 0.549. The van der Waals surface area contributed by atoms with Crippen molar-refractivity contribution in [3.05, 3.63) is 241 Å². The van der Waals surface area contributed by atoms with Crippen LogP contribution in [0.1, 0.15) is 22.3 Å². The van der Waals surface area contributed by atoms with E-state index >= 15 is 0 Å². The van der Waals surface area contributed by atoms with Crippen molar-refractivity contribution in [1.29, 1.82) is 0 Å². The zero-order chi connectivity index (χ0) is 37.5. The SMILES string of the molecule is c1ccc(C2(c3ccccc3)c3cc(-c4cc5ccccc5c5ccccc45)ccc3-c3ccc4cc(-c5cc6ccccc6c6ccccc56)ccc4c32)cc1. The third-order valence-corrected chi connectivity index (χ3v) is 12.7. The molecule has 0 unspecified atom stereocenters. The van der Waals surface area contributed by atoms with Crippen molar-refractivity contribution in [2.24, 2.45) is 0 Å². The molecule has 57 heavy (non-hydrogen) atoms. The van der Waals surface area contributed by atoms with Crippen LogP contribution in [0, 0.1) is 0 Å². The van der Waals surface area contributed by atoms with Crippen LogP contribution < -0.4 is 0 Å². The van der Waals surface area contributed by atoms with Crippen LogP contribution in [0.5, 0.6) is 0 Å². The summed E-state index contributed by atoms with van der Waals surface area (Å²) >= 11 is 0. The fourth-order valence-corrected chi connectivity index (χ4v) is 10.2. The van der Waals surface area contributed by atoms with Crippen LogP contribution in [0.4, 0.5) is 0 Å². The average Bonchev–Trinajstić information content (AvgIpc) is 3.59. The monoisotopic (exact) mass is 720 g/mol. The number of hydrogen-bond acceptors (Lipinski definition) is 0. The second-order valence-electron chi connectivity index (χ2n) is 15.5. The van der Waals surface area contributed by atoms with E-state index in [0.29, 0.717) is 0 Å². The van der Waals surface area contributed by atoms with Crippen molar-refractivity contribution < 1.29 is 0 Å². The van der Waals surface area contributed by atoms with Crippen LogP contribution in [-0.2, 0) is 5.41 Å². The van der Waals surface area contributed by atoms with E-state index in [2.05, 4.69) is 218 Å². The molecule has 264 valence electrons. The summed E-state index contributed by atoms with van der Waals surface area (Å²) in [4.78, 5) is 0. The van der Waals surface area contributed by atoms with E-state index in [1.807, 2.05) is 0 Å². The Bertz CT molecular complexity index is 3350. The fraction of sp³-hybridized carbons (Fsp3) is 0.0175. The van der Waals surface area contributed by atoms with Gasteiger partial charge in [0, 0.05) is 0 Å². The van der Waals surface area contributed by atoms with Crippen molar-refractivity contribution in [2.75, 3.05) is 0 Å². The van der Waals surface area contributed by atoms with Gasteiger partial charge in [0.1, 0.15) is 0 Å². The predicted octanol–water partition coefficient (Wildman–Crippen LogP) is 15.1. The van der Waals surface area contributed by atoms with Gasteiger partial charge in [-0.15, -0.1) is 0 Å². The van der Waals surface area contributed by atoms with Gasteiger partial charge in [0.05, 0.1) is 5.41 Å².